The van der Waals surface area contributed by atoms with Gasteiger partial charge in [0.25, 0.3) is 0 Å². The monoisotopic (exact) mass is 454 g/mol. The molecule has 0 aliphatic carbocycles. The maximum Gasteiger partial charge on any atom is 0.137 e. The smallest absolute Gasteiger partial charge is 0.137 e. The number of halogens is 1. The van der Waals surface area contributed by atoms with Gasteiger partial charge in [-0.15, -0.1) is 0 Å². The predicted octanol–water partition coefficient (Wildman–Crippen LogP) is 8.81. The van der Waals surface area contributed by atoms with Gasteiger partial charge in [-0.2, -0.15) is 0 Å². The van der Waals surface area contributed by atoms with Crippen LogP contribution >= 0.6 is 11.6 Å². The molecule has 160 valence electrons. The standard InChI is InChI=1S/C31H19ClN2/c32-31-26-12-5-4-10-23(26)24-16-14-21(19-28(24)33-31)20-15-17-30-27(18-20)25-11-6-7-13-29(25)34(30)22-8-2-1-3-9-22/h1-19H. The predicted molar refractivity (Wildman–Crippen MR) is 144 cm³/mol. The van der Waals surface area contributed by atoms with Crippen LogP contribution in [-0.4, -0.2) is 9.55 Å². The van der Waals surface area contributed by atoms with Crippen molar-refractivity contribution in [3.8, 4) is 16.8 Å². The van der Waals surface area contributed by atoms with Crippen LogP contribution in [0.25, 0.3) is 60.3 Å². The van der Waals surface area contributed by atoms with E-state index in [0.29, 0.717) is 5.15 Å². The Balaban J connectivity index is 1.46. The molecule has 0 bridgehead atoms. The highest BCUT2D eigenvalue weighted by Gasteiger charge is 2.13. The van der Waals surface area contributed by atoms with Crippen molar-refractivity contribution in [2.75, 3.05) is 0 Å². The van der Waals surface area contributed by atoms with Crippen molar-refractivity contribution in [3.63, 3.8) is 0 Å². The zero-order valence-electron chi connectivity index (χ0n) is 18.2. The van der Waals surface area contributed by atoms with Crippen molar-refractivity contribution in [1.29, 1.82) is 0 Å². The van der Waals surface area contributed by atoms with Crippen LogP contribution < -0.4 is 0 Å². The maximum absolute atomic E-state index is 6.52. The SMILES string of the molecule is Clc1nc2cc(-c3ccc4c(c3)c3ccccc3n4-c3ccccc3)ccc2c2ccccc12. The van der Waals surface area contributed by atoms with E-state index in [4.69, 9.17) is 16.6 Å². The van der Waals surface area contributed by atoms with E-state index >= 15 is 0 Å². The van der Waals surface area contributed by atoms with Gasteiger partial charge in [0, 0.05) is 27.2 Å². The summed E-state index contributed by atoms with van der Waals surface area (Å²) in [6.07, 6.45) is 0. The first-order chi connectivity index (χ1) is 16.8. The quantitative estimate of drug-likeness (QED) is 0.188. The highest BCUT2D eigenvalue weighted by atomic mass is 35.5. The van der Waals surface area contributed by atoms with E-state index < -0.39 is 0 Å². The van der Waals surface area contributed by atoms with Crippen molar-refractivity contribution in [2.45, 2.75) is 0 Å². The lowest BCUT2D eigenvalue weighted by Gasteiger charge is -2.09. The molecule has 0 N–H and O–H groups in total. The molecule has 3 heteroatoms. The van der Waals surface area contributed by atoms with E-state index in [-0.39, 0.29) is 0 Å². The molecule has 0 spiro atoms. The summed E-state index contributed by atoms with van der Waals surface area (Å²) in [4.78, 5) is 4.71. The number of aromatic nitrogens is 2. The second-order valence-electron chi connectivity index (χ2n) is 8.60. The molecule has 2 nitrogen and oxygen atoms in total. The molecular weight excluding hydrogens is 436 g/mol. The van der Waals surface area contributed by atoms with Gasteiger partial charge in [-0.05, 0) is 52.9 Å². The fourth-order valence-corrected chi connectivity index (χ4v) is 5.36. The van der Waals surface area contributed by atoms with Gasteiger partial charge in [0.05, 0.1) is 16.6 Å². The molecule has 0 aliphatic heterocycles. The van der Waals surface area contributed by atoms with Gasteiger partial charge in [0.1, 0.15) is 5.15 Å². The zero-order valence-corrected chi connectivity index (χ0v) is 19.0. The Hall–Kier alpha value is -4.14. The van der Waals surface area contributed by atoms with Gasteiger partial charge < -0.3 is 4.57 Å². The topological polar surface area (TPSA) is 17.8 Å². The lowest BCUT2D eigenvalue weighted by Crippen LogP contribution is -1.92. The van der Waals surface area contributed by atoms with E-state index in [9.17, 15) is 0 Å². The van der Waals surface area contributed by atoms with Gasteiger partial charge in [0.15, 0.2) is 0 Å². The van der Waals surface area contributed by atoms with Crippen LogP contribution in [0.2, 0.25) is 5.15 Å². The molecule has 2 aromatic heterocycles. The van der Waals surface area contributed by atoms with Crippen LogP contribution in [0.4, 0.5) is 0 Å². The summed E-state index contributed by atoms with van der Waals surface area (Å²) in [6.45, 7) is 0. The number of hydrogen-bond acceptors (Lipinski definition) is 1. The summed E-state index contributed by atoms with van der Waals surface area (Å²) in [5.41, 5.74) is 6.77. The zero-order chi connectivity index (χ0) is 22.6. The number of rotatable bonds is 2. The van der Waals surface area contributed by atoms with Crippen LogP contribution in [0.1, 0.15) is 0 Å². The fraction of sp³-hybridized carbons (Fsp3) is 0. The minimum atomic E-state index is 0.543. The Morgan fingerprint density at radius 3 is 2.00 bits per heavy atom. The van der Waals surface area contributed by atoms with Gasteiger partial charge in [-0.25, -0.2) is 4.98 Å². The van der Waals surface area contributed by atoms with Crippen LogP contribution in [0, 0.1) is 0 Å². The minimum Gasteiger partial charge on any atom is -0.309 e. The second kappa shape index (κ2) is 7.44. The van der Waals surface area contributed by atoms with Crippen LogP contribution in [0.15, 0.2) is 115 Å². The maximum atomic E-state index is 6.52. The molecule has 0 atom stereocenters. The number of nitrogens with zero attached hydrogens (tertiary/aromatic N) is 2. The Kier molecular flexibility index (Phi) is 4.23. The van der Waals surface area contributed by atoms with Gasteiger partial charge in [-0.3, -0.25) is 0 Å². The first-order valence-corrected chi connectivity index (χ1v) is 11.7. The first-order valence-electron chi connectivity index (χ1n) is 11.3. The number of benzene rings is 5. The van der Waals surface area contributed by atoms with Gasteiger partial charge >= 0.3 is 0 Å². The lowest BCUT2D eigenvalue weighted by atomic mass is 9.99. The van der Waals surface area contributed by atoms with Gasteiger partial charge in [0.2, 0.25) is 0 Å². The molecule has 0 fully saturated rings. The molecule has 7 aromatic rings. The van der Waals surface area contributed by atoms with Crippen molar-refractivity contribution < 1.29 is 0 Å². The highest BCUT2D eigenvalue weighted by Crippen LogP contribution is 2.36. The molecule has 34 heavy (non-hydrogen) atoms. The third-order valence-corrected chi connectivity index (χ3v) is 6.96. The third-order valence-electron chi connectivity index (χ3n) is 6.68. The molecule has 0 radical (unpaired) electrons. The highest BCUT2D eigenvalue weighted by molar-refractivity contribution is 6.35. The van der Waals surface area contributed by atoms with Crippen molar-refractivity contribution in [2.24, 2.45) is 0 Å². The normalized spacial score (nSPS) is 11.7. The largest absolute Gasteiger partial charge is 0.309 e. The minimum absolute atomic E-state index is 0.543. The molecule has 0 unspecified atom stereocenters. The summed E-state index contributed by atoms with van der Waals surface area (Å²) < 4.78 is 2.34. The van der Waals surface area contributed by atoms with E-state index in [1.54, 1.807) is 0 Å². The fourth-order valence-electron chi connectivity index (χ4n) is 5.10. The lowest BCUT2D eigenvalue weighted by molar-refractivity contribution is 1.18. The van der Waals surface area contributed by atoms with Crippen LogP contribution in [0.5, 0.6) is 0 Å². The van der Waals surface area contributed by atoms with Crippen molar-refractivity contribution in [1.82, 2.24) is 9.55 Å². The Bertz CT molecular complexity index is 1870. The number of pyridine rings is 1. The molecule has 0 saturated carbocycles. The average molecular weight is 455 g/mol. The van der Waals surface area contributed by atoms with E-state index in [2.05, 4.69) is 102 Å². The average Bonchev–Trinajstić information content (AvgIpc) is 3.23. The van der Waals surface area contributed by atoms with Crippen molar-refractivity contribution in [3.05, 3.63) is 120 Å². The summed E-state index contributed by atoms with van der Waals surface area (Å²) >= 11 is 6.52. The molecule has 0 aliphatic rings. The molecule has 2 heterocycles. The molecule has 0 amide bonds. The first kappa shape index (κ1) is 19.3. The molecule has 7 rings (SSSR count). The number of para-hydroxylation sites is 2. The Labute approximate surface area is 201 Å². The summed E-state index contributed by atoms with van der Waals surface area (Å²) in [5.74, 6) is 0. The molecule has 5 aromatic carbocycles. The molecule has 0 saturated heterocycles. The van der Waals surface area contributed by atoms with Crippen LogP contribution in [-0.2, 0) is 0 Å². The van der Waals surface area contributed by atoms with E-state index in [1.165, 1.54) is 21.8 Å². The van der Waals surface area contributed by atoms with Crippen molar-refractivity contribution >= 4 is 55.1 Å². The summed E-state index contributed by atoms with van der Waals surface area (Å²) in [7, 11) is 0. The third kappa shape index (κ3) is 2.86. The van der Waals surface area contributed by atoms with Gasteiger partial charge in [-0.1, -0.05) is 90.5 Å². The number of hydrogen-bond donors (Lipinski definition) is 0. The second-order valence-corrected chi connectivity index (χ2v) is 8.96. The van der Waals surface area contributed by atoms with E-state index in [0.717, 1.165) is 38.5 Å². The summed E-state index contributed by atoms with van der Waals surface area (Å²) in [5, 5.41) is 6.26. The van der Waals surface area contributed by atoms with E-state index in [1.807, 2.05) is 18.2 Å². The van der Waals surface area contributed by atoms with Crippen LogP contribution in [0.3, 0.4) is 0 Å². The Morgan fingerprint density at radius 1 is 0.500 bits per heavy atom. The number of fused-ring (bicyclic) bond motifs is 6. The Morgan fingerprint density at radius 2 is 1.15 bits per heavy atom. The summed E-state index contributed by atoms with van der Waals surface area (Å²) in [6, 6.07) is 40.5. The molecular formula is C31H19ClN2.